The van der Waals surface area contributed by atoms with Gasteiger partial charge in [0.05, 0.1) is 25.0 Å². The zero-order valence-electron chi connectivity index (χ0n) is 15.1. The Kier molecular flexibility index (Phi) is 4.98. The van der Waals surface area contributed by atoms with Crippen LogP contribution in [0.1, 0.15) is 13.3 Å². The first-order valence-corrected chi connectivity index (χ1v) is 8.79. The number of aromatic amines is 1. The van der Waals surface area contributed by atoms with Crippen molar-refractivity contribution in [2.75, 3.05) is 18.5 Å². The van der Waals surface area contributed by atoms with Gasteiger partial charge in [0.15, 0.2) is 11.8 Å². The highest BCUT2D eigenvalue weighted by atomic mass is 19.4. The monoisotopic (exact) mass is 415 g/mol. The molecule has 0 amide bonds. The molecule has 4 rings (SSSR count). The van der Waals surface area contributed by atoms with E-state index in [1.54, 1.807) is 0 Å². The van der Waals surface area contributed by atoms with Crippen molar-refractivity contribution in [2.45, 2.75) is 37.8 Å². The molecule has 0 spiro atoms. The number of aromatic nitrogens is 6. The minimum absolute atomic E-state index is 0.0469. The van der Waals surface area contributed by atoms with Crippen LogP contribution in [0.2, 0.25) is 0 Å². The number of alkyl halides is 4. The molecule has 0 aliphatic carbocycles. The molecule has 0 bridgehead atoms. The number of anilines is 1. The van der Waals surface area contributed by atoms with E-state index in [1.165, 1.54) is 18.6 Å². The van der Waals surface area contributed by atoms with Gasteiger partial charge >= 0.3 is 6.18 Å². The van der Waals surface area contributed by atoms with Gasteiger partial charge in [-0.15, -0.1) is 5.10 Å². The minimum Gasteiger partial charge on any atom is -0.463 e. The summed E-state index contributed by atoms with van der Waals surface area (Å²) in [5.74, 6) is -0.201. The van der Waals surface area contributed by atoms with E-state index < -0.39 is 24.5 Å². The van der Waals surface area contributed by atoms with Crippen LogP contribution in [0.3, 0.4) is 0 Å². The Hall–Kier alpha value is -2.96. The van der Waals surface area contributed by atoms with Crippen molar-refractivity contribution >= 4 is 11.6 Å². The normalized spacial score (nSPS) is 21.3. The molecule has 1 aliphatic rings. The van der Waals surface area contributed by atoms with E-state index >= 15 is 0 Å². The zero-order valence-corrected chi connectivity index (χ0v) is 15.1. The average Bonchev–Trinajstić information content (AvgIpc) is 3.32. The number of hydrogen-bond donors (Lipinski definition) is 2. The third-order valence-corrected chi connectivity index (χ3v) is 4.46. The summed E-state index contributed by atoms with van der Waals surface area (Å²) in [6.07, 6.45) is -3.37. The van der Waals surface area contributed by atoms with Gasteiger partial charge in [-0.05, 0) is 13.3 Å². The second-order valence-corrected chi connectivity index (χ2v) is 6.54. The van der Waals surface area contributed by atoms with E-state index in [9.17, 15) is 17.6 Å². The van der Waals surface area contributed by atoms with Crippen LogP contribution in [-0.2, 0) is 4.74 Å². The Bertz CT molecular complexity index is 976. The molecule has 13 heteroatoms. The van der Waals surface area contributed by atoms with Crippen molar-refractivity contribution in [1.29, 1.82) is 0 Å². The van der Waals surface area contributed by atoms with Crippen LogP contribution in [0, 0.1) is 0 Å². The maximum atomic E-state index is 14.0. The maximum absolute atomic E-state index is 14.0. The molecule has 1 saturated heterocycles. The lowest BCUT2D eigenvalue weighted by atomic mass is 10.1. The Balaban J connectivity index is 1.73. The van der Waals surface area contributed by atoms with Gasteiger partial charge in [-0.1, -0.05) is 0 Å². The molecule has 1 aliphatic heterocycles. The second kappa shape index (κ2) is 7.46. The number of fused-ring (bicyclic) bond motifs is 1. The lowest BCUT2D eigenvalue weighted by Crippen LogP contribution is -2.39. The Morgan fingerprint density at radius 3 is 2.90 bits per heavy atom. The van der Waals surface area contributed by atoms with E-state index in [0.29, 0.717) is 18.6 Å². The summed E-state index contributed by atoms with van der Waals surface area (Å²) in [5, 5.41) is 13.4. The number of nitrogens with zero attached hydrogens (tertiary/aromatic N) is 5. The smallest absolute Gasteiger partial charge is 0.425 e. The lowest BCUT2D eigenvalue weighted by Gasteiger charge is -2.26. The van der Waals surface area contributed by atoms with Crippen molar-refractivity contribution < 1.29 is 27.0 Å². The molecular weight excluding hydrogens is 398 g/mol. The second-order valence-electron chi connectivity index (χ2n) is 6.54. The largest absolute Gasteiger partial charge is 0.463 e. The fourth-order valence-electron chi connectivity index (χ4n) is 2.85. The van der Waals surface area contributed by atoms with Crippen molar-refractivity contribution in [3.8, 4) is 17.1 Å². The van der Waals surface area contributed by atoms with Crippen molar-refractivity contribution in [1.82, 2.24) is 29.8 Å². The quantitative estimate of drug-likeness (QED) is 0.617. The predicted octanol–water partition coefficient (Wildman–Crippen LogP) is 2.38. The van der Waals surface area contributed by atoms with Crippen molar-refractivity contribution in [3.05, 3.63) is 18.6 Å². The Morgan fingerprint density at radius 2 is 2.21 bits per heavy atom. The van der Waals surface area contributed by atoms with Crippen LogP contribution in [0.5, 0.6) is 5.88 Å². The molecule has 3 aromatic rings. The highest BCUT2D eigenvalue weighted by molar-refractivity contribution is 5.65. The number of rotatable bonds is 5. The maximum Gasteiger partial charge on any atom is 0.425 e. The summed E-state index contributed by atoms with van der Waals surface area (Å²) >= 11 is 0. The number of H-pyrrole nitrogens is 1. The highest BCUT2D eigenvalue weighted by Gasteiger charge is 2.39. The summed E-state index contributed by atoms with van der Waals surface area (Å²) in [4.78, 5) is 8.34. The molecule has 3 aromatic heterocycles. The van der Waals surface area contributed by atoms with E-state index in [0.717, 1.165) is 11.4 Å². The molecule has 29 heavy (non-hydrogen) atoms. The molecule has 0 radical (unpaired) electrons. The molecule has 0 saturated carbocycles. The Labute approximate surface area is 161 Å². The average molecular weight is 415 g/mol. The molecular formula is C16H17F4N7O2. The molecule has 4 heterocycles. The SMILES string of the molecule is C[C@@H](Oc1c(-c2cn[nH]c2)ncc2nc(N[C@H]3CCOC[C@H]3F)nn12)C(F)(F)F. The lowest BCUT2D eigenvalue weighted by molar-refractivity contribution is -0.190. The van der Waals surface area contributed by atoms with Crippen LogP contribution < -0.4 is 10.1 Å². The zero-order chi connectivity index (χ0) is 20.6. The highest BCUT2D eigenvalue weighted by Crippen LogP contribution is 2.32. The van der Waals surface area contributed by atoms with Crippen LogP contribution >= 0.6 is 0 Å². The van der Waals surface area contributed by atoms with Gasteiger partial charge in [0, 0.05) is 18.4 Å². The topological polar surface area (TPSA) is 102 Å². The van der Waals surface area contributed by atoms with Gasteiger partial charge in [0.2, 0.25) is 11.8 Å². The fourth-order valence-corrected chi connectivity index (χ4v) is 2.85. The van der Waals surface area contributed by atoms with E-state index in [1.807, 2.05) is 0 Å². The predicted molar refractivity (Wildman–Crippen MR) is 92.3 cm³/mol. The summed E-state index contributed by atoms with van der Waals surface area (Å²) < 4.78 is 64.6. The molecule has 0 aromatic carbocycles. The molecule has 156 valence electrons. The molecule has 2 N–H and O–H groups in total. The van der Waals surface area contributed by atoms with Gasteiger partial charge in [-0.25, -0.2) is 9.37 Å². The first-order valence-electron chi connectivity index (χ1n) is 8.79. The van der Waals surface area contributed by atoms with Gasteiger partial charge in [0.1, 0.15) is 11.9 Å². The Morgan fingerprint density at radius 1 is 1.38 bits per heavy atom. The summed E-state index contributed by atoms with van der Waals surface area (Å²) in [6, 6.07) is -0.569. The first kappa shape index (κ1) is 19.4. The first-order chi connectivity index (χ1) is 13.8. The van der Waals surface area contributed by atoms with E-state index in [4.69, 9.17) is 9.47 Å². The van der Waals surface area contributed by atoms with Gasteiger partial charge in [-0.2, -0.15) is 27.8 Å². The summed E-state index contributed by atoms with van der Waals surface area (Å²) in [7, 11) is 0. The number of nitrogens with one attached hydrogen (secondary N) is 2. The molecule has 9 nitrogen and oxygen atoms in total. The third kappa shape index (κ3) is 3.95. The summed E-state index contributed by atoms with van der Waals surface area (Å²) in [6.45, 7) is 1.22. The van der Waals surface area contributed by atoms with E-state index in [-0.39, 0.29) is 29.8 Å². The molecule has 3 atom stereocenters. The number of hydrogen-bond acceptors (Lipinski definition) is 7. The minimum atomic E-state index is -4.60. The fraction of sp³-hybridized carbons (Fsp3) is 0.500. The summed E-state index contributed by atoms with van der Waals surface area (Å²) in [5.41, 5.74) is 0.661. The van der Waals surface area contributed by atoms with Crippen molar-refractivity contribution in [2.24, 2.45) is 0 Å². The molecule has 0 unspecified atom stereocenters. The van der Waals surface area contributed by atoms with Gasteiger partial charge in [-0.3, -0.25) is 5.10 Å². The van der Waals surface area contributed by atoms with Crippen LogP contribution in [-0.4, -0.2) is 67.5 Å². The number of halogens is 4. The van der Waals surface area contributed by atoms with Gasteiger partial charge < -0.3 is 14.8 Å². The molecule has 1 fully saturated rings. The number of ether oxygens (including phenoxy) is 2. The standard InChI is InChI=1S/C16H17F4N7O2/c1-8(16(18,19)20)29-14-13(9-4-22-23-5-9)21-6-12-25-15(26-27(12)14)24-11-2-3-28-7-10(11)17/h4-6,8,10-11H,2-3,7H2,1H3,(H,22,23)(H,24,26)/t8-,10-,11+/m1/s1. The van der Waals surface area contributed by atoms with Gasteiger partial charge in [0.25, 0.3) is 0 Å². The van der Waals surface area contributed by atoms with Crippen LogP contribution in [0.4, 0.5) is 23.5 Å². The third-order valence-electron chi connectivity index (χ3n) is 4.46. The van der Waals surface area contributed by atoms with Crippen LogP contribution in [0.15, 0.2) is 18.6 Å². The van der Waals surface area contributed by atoms with E-state index in [2.05, 4.69) is 30.6 Å². The van der Waals surface area contributed by atoms with Crippen molar-refractivity contribution in [3.63, 3.8) is 0 Å². The van der Waals surface area contributed by atoms with Crippen LogP contribution in [0.25, 0.3) is 16.9 Å².